The van der Waals surface area contributed by atoms with E-state index in [4.69, 9.17) is 9.84 Å². The molecule has 2 rings (SSSR count). The molecule has 2 aromatic rings. The molecule has 8 heteroatoms. The molecule has 0 aliphatic rings. The van der Waals surface area contributed by atoms with E-state index in [1.54, 1.807) is 18.2 Å². The molecule has 1 heterocycles. The first kappa shape index (κ1) is 18.7. The number of carbonyl (C=O) groups is 2. The van der Waals surface area contributed by atoms with Gasteiger partial charge in [0.05, 0.1) is 5.75 Å². The molecular weight excluding hydrogens is 342 g/mol. The van der Waals surface area contributed by atoms with Crippen molar-refractivity contribution in [3.8, 4) is 5.75 Å². The predicted molar refractivity (Wildman–Crippen MR) is 95.2 cm³/mol. The molecule has 0 aliphatic carbocycles. The molecule has 1 amide bonds. The van der Waals surface area contributed by atoms with Gasteiger partial charge in [-0.05, 0) is 50.6 Å². The Morgan fingerprint density at radius 2 is 1.84 bits per heavy atom. The number of hydrogen-bond donors (Lipinski definition) is 2. The minimum atomic E-state index is -1.04. The van der Waals surface area contributed by atoms with E-state index >= 15 is 0 Å². The van der Waals surface area contributed by atoms with Crippen molar-refractivity contribution in [1.29, 1.82) is 0 Å². The second-order valence-electron chi connectivity index (χ2n) is 5.43. The first-order valence-corrected chi connectivity index (χ1v) is 8.52. The highest BCUT2D eigenvalue weighted by molar-refractivity contribution is 7.99. The Morgan fingerprint density at radius 3 is 2.44 bits per heavy atom. The average Bonchev–Trinajstić information content (AvgIpc) is 2.52. The summed E-state index contributed by atoms with van der Waals surface area (Å²) in [6, 6.07) is 6.86. The Hall–Kier alpha value is -2.61. The van der Waals surface area contributed by atoms with Crippen molar-refractivity contribution in [2.45, 2.75) is 25.9 Å². The summed E-state index contributed by atoms with van der Waals surface area (Å²) in [5.74, 6) is -0.578. The highest BCUT2D eigenvalue weighted by atomic mass is 32.2. The van der Waals surface area contributed by atoms with Crippen LogP contribution in [0.2, 0.25) is 0 Å². The van der Waals surface area contributed by atoms with E-state index in [2.05, 4.69) is 15.3 Å². The summed E-state index contributed by atoms with van der Waals surface area (Å²) in [6.45, 7) is 5.17. The molecule has 0 aliphatic heterocycles. The molecule has 0 atom stereocenters. The topological polar surface area (TPSA) is 101 Å². The molecule has 25 heavy (non-hydrogen) atoms. The zero-order chi connectivity index (χ0) is 18.4. The summed E-state index contributed by atoms with van der Waals surface area (Å²) in [7, 11) is 0. The van der Waals surface area contributed by atoms with Crippen LogP contribution in [-0.2, 0) is 9.59 Å². The van der Waals surface area contributed by atoms with Gasteiger partial charge in [-0.25, -0.2) is 14.8 Å². The van der Waals surface area contributed by atoms with Crippen LogP contribution < -0.4 is 10.1 Å². The van der Waals surface area contributed by atoms with E-state index in [0.29, 0.717) is 16.6 Å². The van der Waals surface area contributed by atoms with Crippen LogP contribution in [0.25, 0.3) is 0 Å². The fourth-order valence-corrected chi connectivity index (χ4v) is 2.84. The molecule has 0 spiro atoms. The number of aromatic nitrogens is 2. The highest BCUT2D eigenvalue weighted by Crippen LogP contribution is 2.22. The number of aryl methyl sites for hydroxylation is 3. The number of ether oxygens (including phenoxy) is 1. The van der Waals surface area contributed by atoms with E-state index in [1.807, 2.05) is 26.8 Å². The maximum Gasteiger partial charge on any atom is 0.341 e. The summed E-state index contributed by atoms with van der Waals surface area (Å²) >= 11 is 1.27. The molecule has 0 radical (unpaired) electrons. The molecular formula is C17H19N3O4S. The molecule has 7 nitrogen and oxygen atoms in total. The lowest BCUT2D eigenvalue weighted by atomic mass is 10.2. The zero-order valence-corrected chi connectivity index (χ0v) is 15.0. The number of nitrogens with zero attached hydrogens (tertiary/aromatic N) is 2. The molecule has 132 valence electrons. The van der Waals surface area contributed by atoms with Crippen LogP contribution in [0.4, 0.5) is 5.69 Å². The molecule has 0 saturated heterocycles. The van der Waals surface area contributed by atoms with Gasteiger partial charge in [-0.1, -0.05) is 11.8 Å². The quantitative estimate of drug-likeness (QED) is 0.577. The fourth-order valence-electron chi connectivity index (χ4n) is 2.09. The maximum atomic E-state index is 12.1. The number of thioether (sulfide) groups is 1. The van der Waals surface area contributed by atoms with E-state index < -0.39 is 12.6 Å². The van der Waals surface area contributed by atoms with E-state index in [9.17, 15) is 9.59 Å². The lowest BCUT2D eigenvalue weighted by Crippen LogP contribution is -2.15. The van der Waals surface area contributed by atoms with Crippen LogP contribution in [-0.4, -0.2) is 39.3 Å². The Balaban J connectivity index is 1.92. The minimum Gasteiger partial charge on any atom is -0.482 e. The third kappa shape index (κ3) is 6.07. The van der Waals surface area contributed by atoms with Crippen LogP contribution in [0.15, 0.2) is 29.4 Å². The minimum absolute atomic E-state index is 0.171. The normalized spacial score (nSPS) is 10.4. The molecule has 0 saturated carbocycles. The van der Waals surface area contributed by atoms with Gasteiger partial charge in [0.25, 0.3) is 0 Å². The third-order valence-corrected chi connectivity index (χ3v) is 3.98. The van der Waals surface area contributed by atoms with Crippen LogP contribution in [0.3, 0.4) is 0 Å². The summed E-state index contributed by atoms with van der Waals surface area (Å²) in [5, 5.41) is 12.0. The van der Waals surface area contributed by atoms with Gasteiger partial charge < -0.3 is 15.2 Å². The second kappa shape index (κ2) is 8.48. The standard InChI is InChI=1S/C17H19N3O4S/c1-10-6-13(24-8-16(22)23)4-5-14(10)20-15(21)9-25-17-18-11(2)7-12(3)19-17/h4-7H,8-9H2,1-3H3,(H,20,21)(H,22,23). The van der Waals surface area contributed by atoms with Crippen molar-refractivity contribution in [2.75, 3.05) is 17.7 Å². The SMILES string of the molecule is Cc1cc(C)nc(SCC(=O)Nc2ccc(OCC(=O)O)cc2C)n1. The van der Waals surface area contributed by atoms with Crippen molar-refractivity contribution >= 4 is 29.3 Å². The van der Waals surface area contributed by atoms with Gasteiger partial charge >= 0.3 is 5.97 Å². The fraction of sp³-hybridized carbons (Fsp3) is 0.294. The number of nitrogens with one attached hydrogen (secondary N) is 1. The highest BCUT2D eigenvalue weighted by Gasteiger charge is 2.09. The first-order chi connectivity index (χ1) is 11.8. The van der Waals surface area contributed by atoms with Crippen LogP contribution in [0.5, 0.6) is 5.75 Å². The van der Waals surface area contributed by atoms with Gasteiger partial charge in [-0.15, -0.1) is 0 Å². The summed E-state index contributed by atoms with van der Waals surface area (Å²) in [6.07, 6.45) is 0. The largest absolute Gasteiger partial charge is 0.482 e. The molecule has 2 N–H and O–H groups in total. The van der Waals surface area contributed by atoms with Gasteiger partial charge in [0, 0.05) is 17.1 Å². The third-order valence-electron chi connectivity index (χ3n) is 3.13. The number of amides is 1. The number of carbonyl (C=O) groups excluding carboxylic acids is 1. The van der Waals surface area contributed by atoms with Crippen molar-refractivity contribution in [1.82, 2.24) is 9.97 Å². The average molecular weight is 361 g/mol. The molecule has 0 fully saturated rings. The molecule has 0 unspecified atom stereocenters. The first-order valence-electron chi connectivity index (χ1n) is 7.53. The Labute approximate surface area is 149 Å². The Morgan fingerprint density at radius 1 is 1.16 bits per heavy atom. The van der Waals surface area contributed by atoms with E-state index in [-0.39, 0.29) is 11.7 Å². The lowest BCUT2D eigenvalue weighted by molar-refractivity contribution is -0.139. The monoisotopic (exact) mass is 361 g/mol. The summed E-state index contributed by atoms with van der Waals surface area (Å²) in [4.78, 5) is 31.2. The molecule has 1 aromatic carbocycles. The molecule has 0 bridgehead atoms. The molecule has 1 aromatic heterocycles. The number of carboxylic acid groups (broad SMARTS) is 1. The van der Waals surface area contributed by atoms with Gasteiger partial charge in [-0.3, -0.25) is 4.79 Å². The number of carboxylic acids is 1. The number of benzene rings is 1. The Kier molecular flexibility index (Phi) is 6.35. The summed E-state index contributed by atoms with van der Waals surface area (Å²) < 4.78 is 5.10. The number of hydrogen-bond acceptors (Lipinski definition) is 6. The number of rotatable bonds is 7. The van der Waals surface area contributed by atoms with Crippen molar-refractivity contribution in [2.24, 2.45) is 0 Å². The van der Waals surface area contributed by atoms with Crippen molar-refractivity contribution in [3.05, 3.63) is 41.2 Å². The lowest BCUT2D eigenvalue weighted by Gasteiger charge is -2.10. The van der Waals surface area contributed by atoms with Crippen LogP contribution in [0, 0.1) is 20.8 Å². The Bertz CT molecular complexity index is 775. The van der Waals surface area contributed by atoms with Gasteiger partial charge in [0.2, 0.25) is 5.91 Å². The predicted octanol–water partition coefficient (Wildman–Crippen LogP) is 2.60. The van der Waals surface area contributed by atoms with E-state index in [0.717, 1.165) is 17.0 Å². The second-order valence-corrected chi connectivity index (χ2v) is 6.37. The zero-order valence-electron chi connectivity index (χ0n) is 14.2. The van der Waals surface area contributed by atoms with Crippen LogP contribution in [0.1, 0.15) is 17.0 Å². The number of aliphatic carboxylic acids is 1. The van der Waals surface area contributed by atoms with Gasteiger partial charge in [0.15, 0.2) is 11.8 Å². The van der Waals surface area contributed by atoms with Crippen molar-refractivity contribution < 1.29 is 19.4 Å². The van der Waals surface area contributed by atoms with Gasteiger partial charge in [0.1, 0.15) is 5.75 Å². The van der Waals surface area contributed by atoms with Gasteiger partial charge in [-0.2, -0.15) is 0 Å². The maximum absolute atomic E-state index is 12.1. The smallest absolute Gasteiger partial charge is 0.341 e. The van der Waals surface area contributed by atoms with E-state index in [1.165, 1.54) is 11.8 Å². The van der Waals surface area contributed by atoms with Crippen molar-refractivity contribution in [3.63, 3.8) is 0 Å². The number of anilines is 1. The van der Waals surface area contributed by atoms with Crippen LogP contribution >= 0.6 is 11.8 Å². The summed E-state index contributed by atoms with van der Waals surface area (Å²) in [5.41, 5.74) is 3.16.